The lowest BCUT2D eigenvalue weighted by Crippen LogP contribution is -2.59. The number of aliphatic hydroxyl groups excluding tert-OH is 1. The first-order valence-electron chi connectivity index (χ1n) is 12.8. The lowest BCUT2D eigenvalue weighted by Gasteiger charge is -2.33. The zero-order valence-corrected chi connectivity index (χ0v) is 22.2. The van der Waals surface area contributed by atoms with Crippen LogP contribution < -0.4 is 10.6 Å². The molecule has 0 aliphatic carbocycles. The minimum absolute atomic E-state index is 0.100. The van der Waals surface area contributed by atoms with Gasteiger partial charge in [0.1, 0.15) is 17.9 Å². The fourth-order valence-corrected chi connectivity index (χ4v) is 4.13. The van der Waals surface area contributed by atoms with E-state index in [9.17, 15) is 29.4 Å². The smallest absolute Gasteiger partial charge is 0.348 e. The number of pyridine rings is 2. The van der Waals surface area contributed by atoms with Crippen LogP contribution in [-0.4, -0.2) is 74.3 Å². The quantitative estimate of drug-likeness (QED) is 0.384. The highest BCUT2D eigenvalue weighted by Crippen LogP contribution is 2.22. The molecule has 3 rings (SSSR count). The van der Waals surface area contributed by atoms with Crippen LogP contribution >= 0.6 is 0 Å². The molecule has 12 heteroatoms. The minimum Gasteiger partial charge on any atom is -0.505 e. The van der Waals surface area contributed by atoms with E-state index < -0.39 is 71.7 Å². The summed E-state index contributed by atoms with van der Waals surface area (Å²) in [5.74, 6) is -5.35. The molecule has 2 amide bonds. The standard InChI is InChI=1S/C27H34N4O8/c1-5-14(2)23-27(37)38-16(4)20(31-25(35)21-19(32)9-7-11-29-21)24(34)30-18(12-17-8-6-10-28-13-17)22(33)15(3)26(36)39-23/h6-11,13-16,18,20,22-23,32-33H,5,12H2,1-4H3,(H,30,34)(H,31,35)/t14-,15-,16-,18+,20+,22+,23-/m1/s1. The predicted molar refractivity (Wildman–Crippen MR) is 137 cm³/mol. The number of nitrogens with one attached hydrogen (secondary N) is 2. The van der Waals surface area contributed by atoms with Crippen LogP contribution in [0.25, 0.3) is 0 Å². The Hall–Kier alpha value is -4.06. The molecule has 2 aromatic heterocycles. The summed E-state index contributed by atoms with van der Waals surface area (Å²) in [6.07, 6.45) is 1.06. The van der Waals surface area contributed by atoms with E-state index in [0.717, 1.165) is 0 Å². The number of amides is 2. The summed E-state index contributed by atoms with van der Waals surface area (Å²) in [6.45, 7) is 6.35. The molecule has 1 aliphatic rings. The number of ether oxygens (including phenoxy) is 2. The summed E-state index contributed by atoms with van der Waals surface area (Å²) in [7, 11) is 0. The molecule has 0 aromatic carbocycles. The van der Waals surface area contributed by atoms with Gasteiger partial charge in [-0.2, -0.15) is 0 Å². The normalized spacial score (nSPS) is 27.2. The van der Waals surface area contributed by atoms with Gasteiger partial charge in [0.15, 0.2) is 5.69 Å². The number of rotatable bonds is 6. The molecule has 3 heterocycles. The topological polar surface area (TPSA) is 177 Å². The number of hydrogen-bond donors (Lipinski definition) is 4. The third kappa shape index (κ3) is 7.29. The SMILES string of the molecule is CC[C@@H](C)[C@H]1OC(=O)[C@H](C)[C@H](O)[C@H](Cc2cccnc2)NC(=O)[C@@H](NC(=O)c2ncccc2O)[C@@H](C)OC1=O. The summed E-state index contributed by atoms with van der Waals surface area (Å²) in [6, 6.07) is 3.68. The van der Waals surface area contributed by atoms with E-state index in [2.05, 4.69) is 20.6 Å². The van der Waals surface area contributed by atoms with Crippen molar-refractivity contribution in [2.45, 2.75) is 70.9 Å². The Labute approximate surface area is 226 Å². The number of hydrogen-bond acceptors (Lipinski definition) is 10. The lowest BCUT2D eigenvalue weighted by atomic mass is 9.92. The summed E-state index contributed by atoms with van der Waals surface area (Å²) >= 11 is 0. The Kier molecular flexibility index (Phi) is 9.94. The fraction of sp³-hybridized carbons (Fsp3) is 0.481. The Morgan fingerprint density at radius 3 is 2.49 bits per heavy atom. The van der Waals surface area contributed by atoms with Gasteiger partial charge in [-0.3, -0.25) is 19.4 Å². The van der Waals surface area contributed by atoms with E-state index >= 15 is 0 Å². The average molecular weight is 543 g/mol. The van der Waals surface area contributed by atoms with Gasteiger partial charge in [0.05, 0.1) is 18.1 Å². The number of carbonyl (C=O) groups is 4. The maximum atomic E-state index is 13.6. The number of esters is 2. The van der Waals surface area contributed by atoms with Gasteiger partial charge in [-0.05, 0) is 50.5 Å². The highest BCUT2D eigenvalue weighted by atomic mass is 16.6. The van der Waals surface area contributed by atoms with E-state index in [1.165, 1.54) is 32.2 Å². The van der Waals surface area contributed by atoms with Gasteiger partial charge in [-0.1, -0.05) is 19.9 Å². The van der Waals surface area contributed by atoms with Crippen molar-refractivity contribution in [3.63, 3.8) is 0 Å². The summed E-state index contributed by atoms with van der Waals surface area (Å²) < 4.78 is 11.0. The van der Waals surface area contributed by atoms with Gasteiger partial charge in [-0.25, -0.2) is 9.78 Å². The molecular weight excluding hydrogens is 508 g/mol. The number of aromatic nitrogens is 2. The van der Waals surface area contributed by atoms with Crippen molar-refractivity contribution in [2.75, 3.05) is 0 Å². The van der Waals surface area contributed by atoms with Crippen LogP contribution in [0.15, 0.2) is 42.9 Å². The second kappa shape index (κ2) is 13.1. The Bertz CT molecular complexity index is 1180. The zero-order chi connectivity index (χ0) is 28.7. The third-order valence-corrected chi connectivity index (χ3v) is 6.78. The Morgan fingerprint density at radius 2 is 1.85 bits per heavy atom. The maximum absolute atomic E-state index is 13.6. The summed E-state index contributed by atoms with van der Waals surface area (Å²) in [4.78, 5) is 60.5. The van der Waals surface area contributed by atoms with Gasteiger partial charge in [0.25, 0.3) is 5.91 Å². The molecule has 1 aliphatic heterocycles. The van der Waals surface area contributed by atoms with Crippen molar-refractivity contribution >= 4 is 23.8 Å². The first-order valence-corrected chi connectivity index (χ1v) is 12.8. The van der Waals surface area contributed by atoms with Crippen LogP contribution in [0.5, 0.6) is 5.75 Å². The van der Waals surface area contributed by atoms with Gasteiger partial charge in [-0.15, -0.1) is 0 Å². The molecule has 0 unspecified atom stereocenters. The van der Waals surface area contributed by atoms with Crippen LogP contribution in [0.3, 0.4) is 0 Å². The summed E-state index contributed by atoms with van der Waals surface area (Å²) in [5, 5.41) is 26.4. The van der Waals surface area contributed by atoms with Crippen LogP contribution in [0.1, 0.15) is 50.2 Å². The number of aliphatic hydroxyl groups is 1. The number of carbonyl (C=O) groups excluding carboxylic acids is 4. The van der Waals surface area contributed by atoms with Crippen molar-refractivity contribution in [3.05, 3.63) is 54.1 Å². The molecule has 2 aromatic rings. The van der Waals surface area contributed by atoms with Crippen molar-refractivity contribution in [1.82, 2.24) is 20.6 Å². The molecule has 210 valence electrons. The molecule has 0 spiro atoms. The van der Waals surface area contributed by atoms with Crippen LogP contribution in [-0.2, 0) is 30.3 Å². The number of aromatic hydroxyl groups is 1. The predicted octanol–water partition coefficient (Wildman–Crippen LogP) is 0.908. The zero-order valence-electron chi connectivity index (χ0n) is 22.2. The van der Waals surface area contributed by atoms with Crippen LogP contribution in [0.2, 0.25) is 0 Å². The molecular formula is C27H34N4O8. The van der Waals surface area contributed by atoms with Gasteiger partial charge in [0.2, 0.25) is 12.0 Å². The van der Waals surface area contributed by atoms with Crippen LogP contribution in [0.4, 0.5) is 0 Å². The second-order valence-corrected chi connectivity index (χ2v) is 9.67. The largest absolute Gasteiger partial charge is 0.505 e. The molecule has 39 heavy (non-hydrogen) atoms. The molecule has 0 bridgehead atoms. The first kappa shape index (κ1) is 29.5. The molecule has 0 radical (unpaired) electrons. The molecule has 4 N–H and O–H groups in total. The number of nitrogens with zero attached hydrogens (tertiary/aromatic N) is 2. The Morgan fingerprint density at radius 1 is 1.13 bits per heavy atom. The molecule has 0 saturated carbocycles. The molecule has 1 saturated heterocycles. The van der Waals surface area contributed by atoms with E-state index in [1.807, 2.05) is 6.92 Å². The molecule has 1 fully saturated rings. The molecule has 12 nitrogen and oxygen atoms in total. The monoisotopic (exact) mass is 542 g/mol. The average Bonchev–Trinajstić information content (AvgIpc) is 2.92. The Balaban J connectivity index is 2.00. The van der Waals surface area contributed by atoms with Gasteiger partial charge >= 0.3 is 11.9 Å². The van der Waals surface area contributed by atoms with Crippen molar-refractivity contribution in [3.8, 4) is 5.75 Å². The third-order valence-electron chi connectivity index (χ3n) is 6.78. The highest BCUT2D eigenvalue weighted by Gasteiger charge is 2.41. The van der Waals surface area contributed by atoms with E-state index in [0.29, 0.717) is 12.0 Å². The second-order valence-electron chi connectivity index (χ2n) is 9.67. The minimum atomic E-state index is -1.45. The maximum Gasteiger partial charge on any atom is 0.348 e. The van der Waals surface area contributed by atoms with Crippen molar-refractivity contribution in [1.29, 1.82) is 0 Å². The van der Waals surface area contributed by atoms with E-state index in [4.69, 9.17) is 9.47 Å². The lowest BCUT2D eigenvalue weighted by molar-refractivity contribution is -0.180. The number of cyclic esters (lactones) is 2. The van der Waals surface area contributed by atoms with Gasteiger partial charge in [0, 0.05) is 24.5 Å². The van der Waals surface area contributed by atoms with E-state index in [1.54, 1.807) is 31.5 Å². The fourth-order valence-electron chi connectivity index (χ4n) is 4.13. The van der Waals surface area contributed by atoms with E-state index in [-0.39, 0.29) is 12.1 Å². The summed E-state index contributed by atoms with van der Waals surface area (Å²) in [5.41, 5.74) is 0.340. The van der Waals surface area contributed by atoms with Crippen molar-refractivity contribution in [2.24, 2.45) is 11.8 Å². The van der Waals surface area contributed by atoms with Crippen molar-refractivity contribution < 1.29 is 38.9 Å². The van der Waals surface area contributed by atoms with Crippen LogP contribution in [0, 0.1) is 11.8 Å². The first-order chi connectivity index (χ1) is 18.5. The highest BCUT2D eigenvalue weighted by molar-refractivity contribution is 5.98. The molecule has 7 atom stereocenters. The van der Waals surface area contributed by atoms with Gasteiger partial charge < -0.3 is 30.3 Å².